The summed E-state index contributed by atoms with van der Waals surface area (Å²) in [6.07, 6.45) is 5.31. The monoisotopic (exact) mass is 414 g/mol. The minimum atomic E-state index is -0.189. The summed E-state index contributed by atoms with van der Waals surface area (Å²) in [5.41, 5.74) is 0.998. The van der Waals surface area contributed by atoms with E-state index in [9.17, 15) is 9.59 Å². The smallest absolute Gasteiger partial charge is 0.264 e. The van der Waals surface area contributed by atoms with E-state index in [1.165, 1.54) is 23.1 Å². The number of hydrogen-bond donors (Lipinski definition) is 2. The van der Waals surface area contributed by atoms with Gasteiger partial charge < -0.3 is 15.4 Å². The molecule has 2 heterocycles. The molecule has 0 radical (unpaired) electrons. The Balaban J connectivity index is 1.39. The van der Waals surface area contributed by atoms with E-state index in [-0.39, 0.29) is 17.7 Å². The second-order valence-electron chi connectivity index (χ2n) is 6.37. The van der Waals surface area contributed by atoms with E-state index in [0.29, 0.717) is 21.7 Å². The number of rotatable bonds is 6. The largest absolute Gasteiger partial charge is 0.497 e. The fourth-order valence-corrected chi connectivity index (χ4v) is 4.18. The summed E-state index contributed by atoms with van der Waals surface area (Å²) in [5, 5.41) is 6.70. The Bertz CT molecular complexity index is 979. The van der Waals surface area contributed by atoms with Crippen LogP contribution in [0.1, 0.15) is 23.3 Å². The quantitative estimate of drug-likeness (QED) is 0.708. The summed E-state index contributed by atoms with van der Waals surface area (Å²) in [5.74, 6) is 0.737. The van der Waals surface area contributed by atoms with Gasteiger partial charge in [0.15, 0.2) is 10.3 Å². The molecule has 28 heavy (non-hydrogen) atoms. The number of hydrogen-bond acceptors (Lipinski definition) is 7. The number of thiazole rings is 1. The van der Waals surface area contributed by atoms with E-state index in [1.54, 1.807) is 19.4 Å². The molecule has 2 amide bonds. The van der Waals surface area contributed by atoms with Crippen LogP contribution >= 0.6 is 23.1 Å². The molecule has 2 N–H and O–H groups in total. The number of amides is 2. The van der Waals surface area contributed by atoms with E-state index in [0.717, 1.165) is 29.0 Å². The first-order valence-electron chi connectivity index (χ1n) is 8.75. The van der Waals surface area contributed by atoms with Gasteiger partial charge in [0.05, 0.1) is 23.4 Å². The first-order valence-corrected chi connectivity index (χ1v) is 10.4. The lowest BCUT2D eigenvalue weighted by Crippen LogP contribution is -2.19. The maximum absolute atomic E-state index is 12.2. The van der Waals surface area contributed by atoms with Crippen LogP contribution in [0.15, 0.2) is 40.4 Å². The first kappa shape index (κ1) is 18.7. The van der Waals surface area contributed by atoms with Crippen LogP contribution in [-0.4, -0.2) is 29.1 Å². The Morgan fingerprint density at radius 1 is 1.46 bits per heavy atom. The summed E-state index contributed by atoms with van der Waals surface area (Å²) in [4.78, 5) is 34.0. The van der Waals surface area contributed by atoms with Crippen molar-refractivity contribution in [3.05, 3.63) is 45.8 Å². The summed E-state index contributed by atoms with van der Waals surface area (Å²) >= 11 is 2.64. The molecule has 0 spiro atoms. The highest BCUT2D eigenvalue weighted by atomic mass is 32.2. The number of thioether (sulfide) groups is 1. The number of nitrogens with one attached hydrogen (secondary N) is 2. The van der Waals surface area contributed by atoms with Gasteiger partial charge in [0.2, 0.25) is 5.91 Å². The Morgan fingerprint density at radius 2 is 2.32 bits per heavy atom. The van der Waals surface area contributed by atoms with Crippen molar-refractivity contribution >= 4 is 51.3 Å². The number of nitrogens with zero attached hydrogens (tertiary/aromatic N) is 2. The lowest BCUT2D eigenvalue weighted by Gasteiger charge is -2.02. The van der Waals surface area contributed by atoms with Gasteiger partial charge in [-0.1, -0.05) is 23.5 Å². The number of carbonyl (C=O) groups is 2. The average Bonchev–Trinajstić information content (AvgIpc) is 3.38. The van der Waals surface area contributed by atoms with Crippen molar-refractivity contribution < 1.29 is 14.3 Å². The van der Waals surface area contributed by atoms with Gasteiger partial charge in [0, 0.05) is 12.1 Å². The highest BCUT2D eigenvalue weighted by molar-refractivity contribution is 8.18. The third kappa shape index (κ3) is 4.60. The van der Waals surface area contributed by atoms with Crippen molar-refractivity contribution in [2.45, 2.75) is 19.4 Å². The Morgan fingerprint density at radius 3 is 3.11 bits per heavy atom. The zero-order valence-corrected chi connectivity index (χ0v) is 16.7. The van der Waals surface area contributed by atoms with Gasteiger partial charge in [-0.25, -0.2) is 4.98 Å². The van der Waals surface area contributed by atoms with Gasteiger partial charge in [0.25, 0.3) is 5.91 Å². The number of amidine groups is 1. The SMILES string of the molecule is COc1cccc(CN=C2NC(=O)C(=Cc3cnc(NC(=O)C4CC4)s3)S2)c1. The molecule has 2 aliphatic rings. The van der Waals surface area contributed by atoms with Crippen molar-refractivity contribution in [1.82, 2.24) is 10.3 Å². The topological polar surface area (TPSA) is 92.7 Å². The molecule has 1 aliphatic heterocycles. The van der Waals surface area contributed by atoms with Gasteiger partial charge in [-0.05, 0) is 48.4 Å². The van der Waals surface area contributed by atoms with Crippen LogP contribution < -0.4 is 15.4 Å². The van der Waals surface area contributed by atoms with E-state index in [2.05, 4.69) is 20.6 Å². The molecule has 1 aliphatic carbocycles. The zero-order chi connectivity index (χ0) is 19.5. The molecule has 1 saturated heterocycles. The number of carbonyl (C=O) groups excluding carboxylic acids is 2. The average molecular weight is 415 g/mol. The molecule has 1 aromatic carbocycles. The normalized spacial score (nSPS) is 19.1. The van der Waals surface area contributed by atoms with Crippen molar-refractivity contribution in [2.24, 2.45) is 10.9 Å². The molecule has 2 aromatic rings. The molecule has 4 rings (SSSR count). The molecule has 0 bridgehead atoms. The summed E-state index contributed by atoms with van der Waals surface area (Å²) in [6, 6.07) is 7.65. The van der Waals surface area contributed by atoms with E-state index in [1.807, 2.05) is 24.3 Å². The summed E-state index contributed by atoms with van der Waals surface area (Å²) in [6.45, 7) is 0.449. The maximum Gasteiger partial charge on any atom is 0.264 e. The Hall–Kier alpha value is -2.65. The molecule has 1 saturated carbocycles. The number of methoxy groups -OCH3 is 1. The first-order chi connectivity index (χ1) is 13.6. The maximum atomic E-state index is 12.2. The van der Waals surface area contributed by atoms with Gasteiger partial charge in [-0.2, -0.15) is 0 Å². The second kappa shape index (κ2) is 8.15. The molecule has 1 aromatic heterocycles. The van der Waals surface area contributed by atoms with Gasteiger partial charge in [-0.3, -0.25) is 14.6 Å². The molecule has 7 nitrogen and oxygen atoms in total. The molecular weight excluding hydrogens is 396 g/mol. The minimum Gasteiger partial charge on any atom is -0.497 e. The number of anilines is 1. The highest BCUT2D eigenvalue weighted by Crippen LogP contribution is 2.32. The number of ether oxygens (including phenoxy) is 1. The predicted molar refractivity (Wildman–Crippen MR) is 111 cm³/mol. The van der Waals surface area contributed by atoms with Crippen molar-refractivity contribution in [3.8, 4) is 5.75 Å². The summed E-state index contributed by atoms with van der Waals surface area (Å²) in [7, 11) is 1.62. The van der Waals surface area contributed by atoms with E-state index >= 15 is 0 Å². The fraction of sp³-hybridized carbons (Fsp3) is 0.263. The lowest BCUT2D eigenvalue weighted by atomic mass is 10.2. The van der Waals surface area contributed by atoms with Crippen molar-refractivity contribution in [2.75, 3.05) is 12.4 Å². The Kier molecular flexibility index (Phi) is 5.45. The highest BCUT2D eigenvalue weighted by Gasteiger charge is 2.30. The Labute approximate surface area is 170 Å². The van der Waals surface area contributed by atoms with E-state index < -0.39 is 0 Å². The van der Waals surface area contributed by atoms with Crippen LogP contribution in [0.3, 0.4) is 0 Å². The van der Waals surface area contributed by atoms with Crippen LogP contribution in [0.5, 0.6) is 5.75 Å². The van der Waals surface area contributed by atoms with Crippen molar-refractivity contribution in [3.63, 3.8) is 0 Å². The van der Waals surface area contributed by atoms with Gasteiger partial charge >= 0.3 is 0 Å². The summed E-state index contributed by atoms with van der Waals surface area (Å²) < 4.78 is 5.21. The van der Waals surface area contributed by atoms with Crippen LogP contribution in [0.4, 0.5) is 5.13 Å². The fourth-order valence-electron chi connectivity index (χ4n) is 2.53. The standard InChI is InChI=1S/C19H18N4O3S2/c1-26-13-4-2-3-11(7-13)9-20-19-23-17(25)15(28-19)8-14-10-21-18(27-14)22-16(24)12-5-6-12/h2-4,7-8,10,12H,5-6,9H2,1H3,(H,20,23,25)(H,21,22,24). The molecular formula is C19H18N4O3S2. The molecule has 2 fully saturated rings. The zero-order valence-electron chi connectivity index (χ0n) is 15.1. The van der Waals surface area contributed by atoms with Crippen LogP contribution in [0, 0.1) is 5.92 Å². The molecule has 144 valence electrons. The minimum absolute atomic E-state index is 0.0218. The van der Waals surface area contributed by atoms with Gasteiger partial charge in [0.1, 0.15) is 5.75 Å². The van der Waals surface area contributed by atoms with Crippen LogP contribution in [0.25, 0.3) is 6.08 Å². The second-order valence-corrected chi connectivity index (χ2v) is 8.46. The van der Waals surface area contributed by atoms with E-state index in [4.69, 9.17) is 4.74 Å². The third-order valence-corrected chi connectivity index (χ3v) is 5.97. The number of aliphatic imine (C=N–C) groups is 1. The van der Waals surface area contributed by atoms with Crippen molar-refractivity contribution in [1.29, 1.82) is 0 Å². The molecule has 9 heteroatoms. The molecule has 0 atom stereocenters. The van der Waals surface area contributed by atoms with Gasteiger partial charge in [-0.15, -0.1) is 0 Å². The molecule has 0 unspecified atom stereocenters. The van der Waals surface area contributed by atoms with Crippen LogP contribution in [0.2, 0.25) is 0 Å². The predicted octanol–water partition coefficient (Wildman–Crippen LogP) is 3.26. The lowest BCUT2D eigenvalue weighted by molar-refractivity contribution is -0.117. The number of benzene rings is 1. The number of aromatic nitrogens is 1. The third-order valence-electron chi connectivity index (χ3n) is 4.17. The van der Waals surface area contributed by atoms with Crippen LogP contribution in [-0.2, 0) is 16.1 Å².